The summed E-state index contributed by atoms with van der Waals surface area (Å²) in [6.07, 6.45) is 3.53. The predicted molar refractivity (Wildman–Crippen MR) is 103 cm³/mol. The minimum Gasteiger partial charge on any atom is -0.507 e. The Morgan fingerprint density at radius 1 is 1.25 bits per heavy atom. The molecule has 24 heavy (non-hydrogen) atoms. The van der Waals surface area contributed by atoms with Crippen LogP contribution in [0.4, 0.5) is 0 Å². The summed E-state index contributed by atoms with van der Waals surface area (Å²) < 4.78 is 6.62. The van der Waals surface area contributed by atoms with E-state index in [0.717, 1.165) is 38.5 Å². The molecule has 1 aromatic carbocycles. The molecule has 3 nitrogen and oxygen atoms in total. The van der Waals surface area contributed by atoms with Gasteiger partial charge in [0.15, 0.2) is 0 Å². The summed E-state index contributed by atoms with van der Waals surface area (Å²) in [6, 6.07) is 0. The molecule has 0 aliphatic heterocycles. The Kier molecular flexibility index (Phi) is 5.59. The Bertz CT molecular complexity index is 875. The number of aromatic hydroxyl groups is 1. The Labute approximate surface area is 151 Å². The predicted octanol–water partition coefficient (Wildman–Crippen LogP) is 5.78. The van der Waals surface area contributed by atoms with Gasteiger partial charge in [-0.1, -0.05) is 42.3 Å². The molecule has 130 valence electrons. The Hall–Kier alpha value is -1.55. The van der Waals surface area contributed by atoms with Gasteiger partial charge in [0.05, 0.1) is 0 Å². The molecule has 0 aliphatic carbocycles. The van der Waals surface area contributed by atoms with Crippen LogP contribution in [0.3, 0.4) is 0 Å². The molecular formula is C20H25BrO3. The highest BCUT2D eigenvalue weighted by atomic mass is 79.9. The first-order valence-electron chi connectivity index (χ1n) is 8.36. The van der Waals surface area contributed by atoms with Crippen molar-refractivity contribution >= 4 is 26.9 Å². The fourth-order valence-corrected chi connectivity index (χ4v) is 3.61. The highest BCUT2D eigenvalue weighted by Gasteiger charge is 2.25. The van der Waals surface area contributed by atoms with Crippen LogP contribution in [0.5, 0.6) is 5.75 Å². The quantitative estimate of drug-likeness (QED) is 0.670. The van der Waals surface area contributed by atoms with E-state index in [4.69, 9.17) is 4.42 Å². The number of phenolic OH excluding ortho intramolecular Hbond substituents is 1. The lowest BCUT2D eigenvalue weighted by atomic mass is 9.87. The molecule has 1 unspecified atom stereocenters. The topological polar surface area (TPSA) is 50.4 Å². The highest BCUT2D eigenvalue weighted by molar-refractivity contribution is 9.11. The number of benzene rings is 1. The number of rotatable bonds is 4. The molecule has 1 N–H and O–H groups in total. The molecule has 0 fully saturated rings. The van der Waals surface area contributed by atoms with E-state index in [0.29, 0.717) is 17.6 Å². The van der Waals surface area contributed by atoms with Gasteiger partial charge >= 0.3 is 5.63 Å². The summed E-state index contributed by atoms with van der Waals surface area (Å²) in [5.74, 6) is 0.279. The molecule has 2 rings (SSSR count). The van der Waals surface area contributed by atoms with E-state index >= 15 is 0 Å². The van der Waals surface area contributed by atoms with Gasteiger partial charge in [-0.05, 0) is 49.7 Å². The van der Waals surface area contributed by atoms with Crippen molar-refractivity contribution in [2.45, 2.75) is 60.3 Å². The van der Waals surface area contributed by atoms with Crippen LogP contribution < -0.4 is 5.63 Å². The number of hydrogen-bond donors (Lipinski definition) is 1. The Morgan fingerprint density at radius 3 is 2.42 bits per heavy atom. The number of aryl methyl sites for hydroxylation is 3. The minimum atomic E-state index is -0.327. The van der Waals surface area contributed by atoms with Crippen LogP contribution in [0.2, 0.25) is 0 Å². The third-order valence-electron chi connectivity index (χ3n) is 4.88. The second-order valence-corrected chi connectivity index (χ2v) is 7.27. The fourth-order valence-electron chi connectivity index (χ4n) is 3.38. The van der Waals surface area contributed by atoms with E-state index in [1.54, 1.807) is 6.92 Å². The number of fused-ring (bicyclic) bond motifs is 1. The third-order valence-corrected chi connectivity index (χ3v) is 6.03. The summed E-state index contributed by atoms with van der Waals surface area (Å²) in [7, 11) is 0. The fraction of sp³-hybridized carbons (Fsp3) is 0.450. The van der Waals surface area contributed by atoms with Crippen molar-refractivity contribution in [2.24, 2.45) is 0 Å². The van der Waals surface area contributed by atoms with Gasteiger partial charge < -0.3 is 9.52 Å². The summed E-state index contributed by atoms with van der Waals surface area (Å²) in [5.41, 5.74) is 4.37. The number of phenols is 1. The monoisotopic (exact) mass is 392 g/mol. The molecule has 0 aliphatic rings. The summed E-state index contributed by atoms with van der Waals surface area (Å²) in [5, 5.41) is 11.9. The number of hydrogen-bond acceptors (Lipinski definition) is 3. The molecular weight excluding hydrogens is 368 g/mol. The van der Waals surface area contributed by atoms with Crippen LogP contribution in [0.1, 0.15) is 60.9 Å². The van der Waals surface area contributed by atoms with Gasteiger partial charge in [0.1, 0.15) is 11.3 Å². The van der Waals surface area contributed by atoms with Gasteiger partial charge in [0.25, 0.3) is 0 Å². The van der Waals surface area contributed by atoms with Gasteiger partial charge in [0, 0.05) is 28.0 Å². The Morgan fingerprint density at radius 2 is 1.88 bits per heavy atom. The van der Waals surface area contributed by atoms with Crippen molar-refractivity contribution < 1.29 is 9.52 Å². The van der Waals surface area contributed by atoms with E-state index in [9.17, 15) is 9.90 Å². The van der Waals surface area contributed by atoms with Gasteiger partial charge in [0.2, 0.25) is 0 Å². The molecule has 0 spiro atoms. The van der Waals surface area contributed by atoms with Crippen LogP contribution in [0.25, 0.3) is 11.0 Å². The lowest BCUT2D eigenvalue weighted by Gasteiger charge is -2.22. The molecule has 0 amide bonds. The van der Waals surface area contributed by atoms with E-state index in [-0.39, 0.29) is 17.3 Å². The average molecular weight is 393 g/mol. The number of halogens is 1. The first kappa shape index (κ1) is 18.8. The van der Waals surface area contributed by atoms with Crippen LogP contribution in [0, 0.1) is 20.8 Å². The zero-order chi connectivity index (χ0) is 18.2. The molecule has 4 heteroatoms. The standard InChI is InChI=1S/C20H25BrO3/c1-7-9-14-18(22)16(12(5)15(21)8-2)13(6)17-10(3)11(4)20(23)24-19(14)17/h8,12,22H,7,9H2,1-6H3. The molecule has 1 aromatic heterocycles. The molecule has 0 saturated carbocycles. The van der Waals surface area contributed by atoms with Gasteiger partial charge in [-0.15, -0.1) is 0 Å². The van der Waals surface area contributed by atoms with E-state index in [1.807, 2.05) is 26.8 Å². The molecule has 0 radical (unpaired) electrons. The normalized spacial score (nSPS) is 13.5. The molecule has 1 heterocycles. The largest absolute Gasteiger partial charge is 0.507 e. The van der Waals surface area contributed by atoms with Gasteiger partial charge in [-0.25, -0.2) is 4.79 Å². The number of allylic oxidation sites excluding steroid dienone is 2. The first-order chi connectivity index (χ1) is 11.3. The second-order valence-electron chi connectivity index (χ2n) is 6.35. The molecule has 0 saturated heterocycles. The van der Waals surface area contributed by atoms with E-state index in [2.05, 4.69) is 29.8 Å². The second kappa shape index (κ2) is 7.14. The SMILES string of the molecule is CC=C(Br)C(C)c1c(O)c(CCC)c2oc(=O)c(C)c(C)c2c1C. The summed E-state index contributed by atoms with van der Waals surface area (Å²) in [6.45, 7) is 11.8. The molecule has 2 aromatic rings. The maximum Gasteiger partial charge on any atom is 0.339 e. The minimum absolute atomic E-state index is 0.0293. The molecule has 0 bridgehead atoms. The van der Waals surface area contributed by atoms with Crippen molar-refractivity contribution in [1.82, 2.24) is 0 Å². The lowest BCUT2D eigenvalue weighted by molar-refractivity contribution is 0.454. The van der Waals surface area contributed by atoms with Crippen molar-refractivity contribution in [3.63, 3.8) is 0 Å². The highest BCUT2D eigenvalue weighted by Crippen LogP contribution is 2.43. The van der Waals surface area contributed by atoms with Gasteiger partial charge in [-0.3, -0.25) is 0 Å². The van der Waals surface area contributed by atoms with Crippen LogP contribution in [-0.2, 0) is 6.42 Å². The van der Waals surface area contributed by atoms with Crippen molar-refractivity contribution in [2.75, 3.05) is 0 Å². The van der Waals surface area contributed by atoms with Crippen LogP contribution >= 0.6 is 15.9 Å². The zero-order valence-corrected chi connectivity index (χ0v) is 16.8. The zero-order valence-electron chi connectivity index (χ0n) is 15.2. The lowest BCUT2D eigenvalue weighted by Crippen LogP contribution is -2.10. The van der Waals surface area contributed by atoms with Crippen LogP contribution in [0.15, 0.2) is 19.8 Å². The molecule has 1 atom stereocenters. The van der Waals surface area contributed by atoms with Crippen molar-refractivity contribution in [3.05, 3.63) is 48.8 Å². The van der Waals surface area contributed by atoms with E-state index < -0.39 is 0 Å². The third kappa shape index (κ3) is 2.92. The van der Waals surface area contributed by atoms with Gasteiger partial charge in [-0.2, -0.15) is 0 Å². The Balaban J connectivity index is 3.04. The smallest absolute Gasteiger partial charge is 0.339 e. The van der Waals surface area contributed by atoms with Crippen molar-refractivity contribution in [1.29, 1.82) is 0 Å². The van der Waals surface area contributed by atoms with Crippen molar-refractivity contribution in [3.8, 4) is 5.75 Å². The average Bonchev–Trinajstić information content (AvgIpc) is 2.55. The maximum atomic E-state index is 12.1. The summed E-state index contributed by atoms with van der Waals surface area (Å²) in [4.78, 5) is 12.1. The van der Waals surface area contributed by atoms with Crippen LogP contribution in [-0.4, -0.2) is 5.11 Å². The first-order valence-corrected chi connectivity index (χ1v) is 9.15. The summed E-state index contributed by atoms with van der Waals surface area (Å²) >= 11 is 3.60. The maximum absolute atomic E-state index is 12.1. The van der Waals surface area contributed by atoms with E-state index in [1.165, 1.54) is 0 Å².